The molecule has 0 aliphatic heterocycles. The zero-order valence-corrected chi connectivity index (χ0v) is 25.6. The minimum absolute atomic E-state index is 0. The maximum Gasteiger partial charge on any atom is 0.0345 e. The summed E-state index contributed by atoms with van der Waals surface area (Å²) in [6.45, 7) is 4.46. The van der Waals surface area contributed by atoms with E-state index in [1.807, 2.05) is 11.3 Å². The molecule has 1 aromatic heterocycles. The molecule has 2 aromatic rings. The van der Waals surface area contributed by atoms with Crippen LogP contribution in [-0.4, -0.2) is 21.6 Å². The van der Waals surface area contributed by atoms with Crippen molar-refractivity contribution >= 4 is 43.0 Å². The molecule has 1 heterocycles. The van der Waals surface area contributed by atoms with Crippen LogP contribution in [0.25, 0.3) is 10.1 Å². The molecule has 0 spiro atoms. The summed E-state index contributed by atoms with van der Waals surface area (Å²) in [6, 6.07) is 11.1. The Hall–Kier alpha value is 1.05. The Bertz CT molecular complexity index is 523. The Labute approximate surface area is 207 Å². The largest absolute Gasteiger partial charge is 0.140 e. The van der Waals surface area contributed by atoms with Crippen molar-refractivity contribution in [2.45, 2.75) is 94.2 Å². The molecule has 0 N–H and O–H groups in total. The van der Waals surface area contributed by atoms with Crippen molar-refractivity contribution in [3.05, 3.63) is 35.2 Å². The van der Waals surface area contributed by atoms with Crippen molar-refractivity contribution in [1.29, 1.82) is 0 Å². The molecule has 1 radical (unpaired) electrons. The number of fused-ring (bicyclic) bond motifs is 1. The summed E-state index contributed by atoms with van der Waals surface area (Å²) in [7, 11) is 0. The molecule has 1 saturated carbocycles. The number of hydrogen-bond acceptors (Lipinski definition) is 1. The summed E-state index contributed by atoms with van der Waals surface area (Å²) in [5, 5.41) is 1.42. The molecule has 0 unspecified atom stereocenters. The molecule has 1 aliphatic rings. The zero-order chi connectivity index (χ0) is 19.0. The zero-order valence-electron chi connectivity index (χ0n) is 18.1. The van der Waals surface area contributed by atoms with Crippen molar-refractivity contribution in [3.8, 4) is 0 Å². The van der Waals surface area contributed by atoms with E-state index in [0.717, 1.165) is 5.92 Å². The molecule has 3 rings (SSSR count). The van der Waals surface area contributed by atoms with Crippen LogP contribution < -0.4 is 0 Å². The van der Waals surface area contributed by atoms with Gasteiger partial charge >= 0.3 is 31.4 Å². The number of unbranched alkanes of at least 4 members (excludes halogenated alkanes) is 3. The fraction of sp³-hybridized carbons (Fsp3) is 0.667. The van der Waals surface area contributed by atoms with Crippen LogP contribution in [0.4, 0.5) is 0 Å². The summed E-state index contributed by atoms with van der Waals surface area (Å²) in [5.41, 5.74) is 0. The summed E-state index contributed by atoms with van der Waals surface area (Å²) in [4.78, 5) is 6.12. The number of hydrogen-bond donors (Lipinski definition) is 0. The summed E-state index contributed by atoms with van der Waals surface area (Å²) in [6.07, 6.45) is 15.6. The molecule has 0 atom stereocenters. The van der Waals surface area contributed by atoms with E-state index in [9.17, 15) is 0 Å². The van der Waals surface area contributed by atoms with E-state index < -0.39 is 0 Å². The summed E-state index contributed by atoms with van der Waals surface area (Å²) in [5.74, 6) is 1.05. The molecule has 0 bridgehead atoms. The van der Waals surface area contributed by atoms with Gasteiger partial charge in [-0.1, -0.05) is 89.8 Å². The van der Waals surface area contributed by atoms with Crippen LogP contribution in [-0.2, 0) is 6.42 Å². The van der Waals surface area contributed by atoms with Crippen LogP contribution in [0.2, 0.25) is 9.74 Å². The normalized spacial score (nSPS) is 13.3. The molecule has 0 nitrogen and oxygen atoms in total. The average molecular weight is 720 g/mol. The van der Waals surface area contributed by atoms with Gasteiger partial charge in [-0.25, -0.2) is 0 Å². The van der Waals surface area contributed by atoms with Gasteiger partial charge in [-0.3, -0.25) is 0 Å². The molecule has 0 amide bonds. The fourth-order valence-corrected chi connectivity index (χ4v) is 4.63. The fourth-order valence-electron chi connectivity index (χ4n) is 3.52. The third-order valence-electron chi connectivity index (χ3n) is 4.94. The first-order valence-corrected chi connectivity index (χ1v) is 16.6. The van der Waals surface area contributed by atoms with Crippen molar-refractivity contribution in [1.82, 2.24) is 0 Å². The van der Waals surface area contributed by atoms with Crippen LogP contribution in [0.3, 0.4) is 0 Å². The van der Waals surface area contributed by atoms with Gasteiger partial charge in [-0.2, -0.15) is 0 Å². The van der Waals surface area contributed by atoms with Crippen molar-refractivity contribution in [2.24, 2.45) is 5.92 Å². The van der Waals surface area contributed by atoms with Gasteiger partial charge in [0.15, 0.2) is 0 Å². The van der Waals surface area contributed by atoms with Crippen LogP contribution >= 0.6 is 11.3 Å². The first kappa shape index (κ1) is 28.1. The summed E-state index contributed by atoms with van der Waals surface area (Å²) < 4.78 is 1.45. The van der Waals surface area contributed by atoms with Crippen molar-refractivity contribution in [3.63, 3.8) is 0 Å². The first-order valence-electron chi connectivity index (χ1n) is 10.7. The van der Waals surface area contributed by atoms with Crippen molar-refractivity contribution < 1.29 is 31.1 Å². The number of benzene rings is 1. The minimum atomic E-state index is 0. The van der Waals surface area contributed by atoms with E-state index in [0.29, 0.717) is 21.6 Å². The Morgan fingerprint density at radius 2 is 1.56 bits per heavy atom. The molecule has 3 heteroatoms. The molecule has 27 heavy (non-hydrogen) atoms. The van der Waals surface area contributed by atoms with Gasteiger partial charge in [0.25, 0.3) is 0 Å². The van der Waals surface area contributed by atoms with Crippen LogP contribution in [0, 0.1) is 37.0 Å². The Kier molecular flexibility index (Phi) is 19.8. The molecule has 1 fully saturated rings. The van der Waals surface area contributed by atoms with Gasteiger partial charge in [0, 0.05) is 40.7 Å². The second-order valence-electron chi connectivity index (χ2n) is 7.45. The molecular weight excluding hydrogens is 680 g/mol. The molecule has 151 valence electrons. The maximum absolute atomic E-state index is 2.38. The van der Waals surface area contributed by atoms with Crippen LogP contribution in [0.15, 0.2) is 30.3 Å². The Morgan fingerprint density at radius 3 is 2.11 bits per heavy atom. The van der Waals surface area contributed by atoms with Gasteiger partial charge in [0.05, 0.1) is 0 Å². The van der Waals surface area contributed by atoms with Crippen molar-refractivity contribution in [2.75, 3.05) is 0 Å². The third kappa shape index (κ3) is 13.1. The Balaban J connectivity index is 0.000000578. The quantitative estimate of drug-likeness (QED) is 0.198. The first-order chi connectivity index (χ1) is 12.7. The molecule has 1 aromatic carbocycles. The molecule has 1 aliphatic carbocycles. The van der Waals surface area contributed by atoms with E-state index in [-0.39, 0.29) is 31.1 Å². The second-order valence-corrected chi connectivity index (χ2v) is 11.2. The SMILES string of the molecule is CCCCCC.[CH3][Sb][CH3].[U].c1ccc2sc(CCCC3CCCC3)cc2c1. The predicted molar refractivity (Wildman–Crippen MR) is 124 cm³/mol. The third-order valence-corrected chi connectivity index (χ3v) is 6.12. The van der Waals surface area contributed by atoms with Gasteiger partial charge in [0.2, 0.25) is 0 Å². The number of thiophene rings is 1. The van der Waals surface area contributed by atoms with E-state index in [1.54, 1.807) is 4.88 Å². The molecular formula is C24H40SSbU. The smallest absolute Gasteiger partial charge is 0.0345 e. The number of aryl methyl sites for hydroxylation is 1. The average Bonchev–Trinajstić information content (AvgIpc) is 3.30. The predicted octanol–water partition coefficient (Wildman–Crippen LogP) is 8.79. The topological polar surface area (TPSA) is 0 Å². The monoisotopic (exact) mass is 719 g/mol. The van der Waals surface area contributed by atoms with E-state index >= 15 is 0 Å². The van der Waals surface area contributed by atoms with Gasteiger partial charge in [-0.05, 0) is 36.3 Å². The van der Waals surface area contributed by atoms with Gasteiger partial charge < -0.3 is 0 Å². The van der Waals surface area contributed by atoms with E-state index in [4.69, 9.17) is 0 Å². The van der Waals surface area contributed by atoms with Crippen LogP contribution in [0.5, 0.6) is 0 Å². The summed E-state index contributed by atoms with van der Waals surface area (Å²) >= 11 is 2.33. The molecule has 0 saturated heterocycles. The standard InChI is InChI=1S/C16H20S.C6H14.2CH3.Sb.U/c1-2-7-13(6-1)8-5-10-15-12-14-9-3-4-11-16(14)17-15;1-3-5-6-4-2;;;;/h3-4,9,11-13H,1-2,5-8,10H2;3-6H2,1-2H3;2*1H3;;. The van der Waals surface area contributed by atoms with Gasteiger partial charge in [-0.15, -0.1) is 11.3 Å². The maximum atomic E-state index is 2.38. The minimum Gasteiger partial charge on any atom is -0.140 e. The second kappa shape index (κ2) is 19.0. The van der Waals surface area contributed by atoms with Crippen LogP contribution in [0.1, 0.15) is 82.9 Å². The van der Waals surface area contributed by atoms with E-state index in [2.05, 4.69) is 53.9 Å². The Morgan fingerprint density at radius 1 is 0.963 bits per heavy atom. The van der Waals surface area contributed by atoms with E-state index in [1.165, 1.54) is 80.7 Å². The number of rotatable bonds is 7. The van der Waals surface area contributed by atoms with Gasteiger partial charge in [0.1, 0.15) is 0 Å².